The molecule has 0 bridgehead atoms. The van der Waals surface area contributed by atoms with Gasteiger partial charge in [0.1, 0.15) is 0 Å². The number of nitrogens with zero attached hydrogens (tertiary/aromatic N) is 3. The molecule has 5 rings (SSSR count). The fourth-order valence-corrected chi connectivity index (χ4v) is 6.18. The molecule has 1 saturated carbocycles. The second-order valence-corrected chi connectivity index (χ2v) is 10.6. The molecule has 2 aliphatic rings. The van der Waals surface area contributed by atoms with Gasteiger partial charge >= 0.3 is 0 Å². The maximum Gasteiger partial charge on any atom is 0.169 e. The number of pyridine rings is 2. The Kier molecular flexibility index (Phi) is 6.64. The molecule has 0 amide bonds. The normalized spacial score (nSPS) is 25.4. The Morgan fingerprint density at radius 3 is 2.82 bits per heavy atom. The van der Waals surface area contributed by atoms with Crippen molar-refractivity contribution in [2.45, 2.75) is 76.8 Å². The van der Waals surface area contributed by atoms with Gasteiger partial charge in [-0.05, 0) is 86.6 Å². The molecule has 1 saturated heterocycles. The van der Waals surface area contributed by atoms with Gasteiger partial charge in [0, 0.05) is 48.4 Å². The number of rotatable bonds is 5. The third-order valence-corrected chi connectivity index (χ3v) is 7.84. The molecule has 1 aromatic carbocycles. The van der Waals surface area contributed by atoms with Crippen LogP contribution in [-0.2, 0) is 6.42 Å². The zero-order valence-electron chi connectivity index (χ0n) is 20.4. The number of ketones is 1. The van der Waals surface area contributed by atoms with Crippen LogP contribution in [-0.4, -0.2) is 34.4 Å². The lowest BCUT2D eigenvalue weighted by molar-refractivity contribution is 0.0994. The van der Waals surface area contributed by atoms with Crippen molar-refractivity contribution in [1.29, 1.82) is 0 Å². The molecular weight excluding hydrogens is 420 g/mol. The van der Waals surface area contributed by atoms with Crippen molar-refractivity contribution in [3.05, 3.63) is 65.6 Å². The van der Waals surface area contributed by atoms with E-state index in [2.05, 4.69) is 41.9 Å². The van der Waals surface area contributed by atoms with Crippen LogP contribution in [0.25, 0.3) is 10.9 Å². The van der Waals surface area contributed by atoms with Gasteiger partial charge in [-0.25, -0.2) is 0 Å². The maximum atomic E-state index is 13.5. The van der Waals surface area contributed by atoms with Crippen LogP contribution in [0.2, 0.25) is 0 Å². The third-order valence-electron chi connectivity index (χ3n) is 7.84. The number of hydrogen-bond acceptors (Lipinski definition) is 5. The number of nitrogens with two attached hydrogens (primary N) is 1. The highest BCUT2D eigenvalue weighted by Gasteiger charge is 2.28. The fourth-order valence-electron chi connectivity index (χ4n) is 6.18. The second-order valence-electron chi connectivity index (χ2n) is 10.6. The van der Waals surface area contributed by atoms with E-state index in [1.807, 2.05) is 30.7 Å². The number of hydrogen-bond donors (Lipinski definition) is 1. The topological polar surface area (TPSA) is 72.1 Å². The van der Waals surface area contributed by atoms with E-state index in [1.165, 1.54) is 24.8 Å². The number of aromatic nitrogens is 2. The third kappa shape index (κ3) is 4.72. The zero-order chi connectivity index (χ0) is 23.7. The Bertz CT molecular complexity index is 1170. The summed E-state index contributed by atoms with van der Waals surface area (Å²) < 4.78 is 0. The Morgan fingerprint density at radius 2 is 2.00 bits per heavy atom. The molecule has 3 aromatic rings. The first-order chi connectivity index (χ1) is 16.5. The van der Waals surface area contributed by atoms with E-state index < -0.39 is 0 Å². The van der Waals surface area contributed by atoms with Gasteiger partial charge in [-0.15, -0.1) is 0 Å². The molecule has 1 aliphatic carbocycles. The Hall–Kier alpha value is -2.79. The SMILES string of the molecule is CC1CCCCN1c1cnc2c(C(=O)Cc3cnccc3[C@@H]3C[C@H](C)C[C@H](N)C3)cccc2c1. The average Bonchev–Trinajstić information content (AvgIpc) is 2.83. The molecular formula is C29H36N4O. The van der Waals surface area contributed by atoms with Crippen molar-refractivity contribution < 1.29 is 4.79 Å². The van der Waals surface area contributed by atoms with E-state index in [4.69, 9.17) is 10.7 Å². The van der Waals surface area contributed by atoms with E-state index in [-0.39, 0.29) is 11.8 Å². The van der Waals surface area contributed by atoms with Crippen LogP contribution in [0, 0.1) is 5.92 Å². The van der Waals surface area contributed by atoms with Gasteiger partial charge in [0.15, 0.2) is 5.78 Å². The smallest absolute Gasteiger partial charge is 0.169 e. The number of para-hydroxylation sites is 1. The van der Waals surface area contributed by atoms with Crippen LogP contribution in [0.3, 0.4) is 0 Å². The van der Waals surface area contributed by atoms with Gasteiger partial charge in [-0.3, -0.25) is 14.8 Å². The largest absolute Gasteiger partial charge is 0.368 e. The molecule has 0 radical (unpaired) electrons. The number of anilines is 1. The first kappa shape index (κ1) is 23.0. The van der Waals surface area contributed by atoms with E-state index in [9.17, 15) is 4.79 Å². The summed E-state index contributed by atoms with van der Waals surface area (Å²) in [5, 5.41) is 1.03. The van der Waals surface area contributed by atoms with Gasteiger partial charge in [-0.1, -0.05) is 19.1 Å². The van der Waals surface area contributed by atoms with Gasteiger partial charge < -0.3 is 10.6 Å². The highest BCUT2D eigenvalue weighted by molar-refractivity contribution is 6.07. The number of benzene rings is 1. The molecule has 5 heteroatoms. The lowest BCUT2D eigenvalue weighted by Crippen LogP contribution is -2.37. The van der Waals surface area contributed by atoms with Crippen molar-refractivity contribution in [3.63, 3.8) is 0 Å². The van der Waals surface area contributed by atoms with Gasteiger partial charge in [-0.2, -0.15) is 0 Å². The van der Waals surface area contributed by atoms with Crippen LogP contribution in [0.5, 0.6) is 0 Å². The Labute approximate surface area is 202 Å². The highest BCUT2D eigenvalue weighted by Crippen LogP contribution is 2.37. The second kappa shape index (κ2) is 9.83. The fraction of sp³-hybridized carbons (Fsp3) is 0.483. The molecule has 5 nitrogen and oxygen atoms in total. The van der Waals surface area contributed by atoms with Crippen LogP contribution >= 0.6 is 0 Å². The van der Waals surface area contributed by atoms with E-state index in [1.54, 1.807) is 0 Å². The summed E-state index contributed by atoms with van der Waals surface area (Å²) in [7, 11) is 0. The van der Waals surface area contributed by atoms with E-state index in [0.29, 0.717) is 29.9 Å². The van der Waals surface area contributed by atoms with E-state index >= 15 is 0 Å². The molecule has 3 heterocycles. The van der Waals surface area contributed by atoms with Crippen molar-refractivity contribution in [2.75, 3.05) is 11.4 Å². The Balaban J connectivity index is 1.41. The van der Waals surface area contributed by atoms with Crippen LogP contribution < -0.4 is 10.6 Å². The summed E-state index contributed by atoms with van der Waals surface area (Å²) in [6, 6.07) is 11.0. The summed E-state index contributed by atoms with van der Waals surface area (Å²) in [4.78, 5) is 25.1. The number of carbonyl (C=O) groups excluding carboxylic acids is 1. The van der Waals surface area contributed by atoms with Crippen molar-refractivity contribution >= 4 is 22.4 Å². The number of Topliss-reactive ketones (excluding diaryl/α,β-unsaturated/α-hetero) is 1. The molecule has 2 fully saturated rings. The summed E-state index contributed by atoms with van der Waals surface area (Å²) in [6.07, 6.45) is 12.9. The molecule has 1 unspecified atom stereocenters. The standard InChI is InChI=1S/C29H36N4O/c1-19-12-22(14-24(30)13-19)26-9-10-31-17-23(26)16-28(34)27-8-5-7-21-15-25(18-32-29(21)27)33-11-4-3-6-20(33)2/h5,7-10,15,17-20,22,24H,3-4,6,11-14,16,30H2,1-2H3/t19-,20?,22+,24-/m0/s1. The predicted octanol–water partition coefficient (Wildman–Crippen LogP) is 5.66. The predicted molar refractivity (Wildman–Crippen MR) is 138 cm³/mol. The lowest BCUT2D eigenvalue weighted by atomic mass is 9.75. The van der Waals surface area contributed by atoms with Gasteiger partial charge in [0.05, 0.1) is 17.4 Å². The van der Waals surface area contributed by atoms with E-state index in [0.717, 1.165) is 48.0 Å². The minimum absolute atomic E-state index is 0.0968. The number of carbonyl (C=O) groups is 1. The summed E-state index contributed by atoms with van der Waals surface area (Å²) in [5.74, 6) is 1.09. The van der Waals surface area contributed by atoms with Crippen LogP contribution in [0.4, 0.5) is 5.69 Å². The average molecular weight is 457 g/mol. The highest BCUT2D eigenvalue weighted by atomic mass is 16.1. The summed E-state index contributed by atoms with van der Waals surface area (Å²) in [5.41, 5.74) is 11.2. The zero-order valence-corrected chi connectivity index (χ0v) is 20.4. The summed E-state index contributed by atoms with van der Waals surface area (Å²) >= 11 is 0. The van der Waals surface area contributed by atoms with Crippen molar-refractivity contribution in [3.8, 4) is 0 Å². The Morgan fingerprint density at radius 1 is 1.12 bits per heavy atom. The number of fused-ring (bicyclic) bond motifs is 1. The molecule has 1 aliphatic heterocycles. The van der Waals surface area contributed by atoms with Gasteiger partial charge in [0.2, 0.25) is 0 Å². The van der Waals surface area contributed by atoms with Gasteiger partial charge in [0.25, 0.3) is 0 Å². The number of piperidine rings is 1. The monoisotopic (exact) mass is 456 g/mol. The maximum absolute atomic E-state index is 13.5. The quantitative estimate of drug-likeness (QED) is 0.501. The van der Waals surface area contributed by atoms with Crippen molar-refractivity contribution in [1.82, 2.24) is 9.97 Å². The summed E-state index contributed by atoms with van der Waals surface area (Å²) in [6.45, 7) is 5.63. The molecule has 178 valence electrons. The molecule has 0 spiro atoms. The minimum atomic E-state index is 0.0968. The molecule has 4 atom stereocenters. The first-order valence-corrected chi connectivity index (χ1v) is 12.9. The minimum Gasteiger partial charge on any atom is -0.368 e. The van der Waals surface area contributed by atoms with Crippen LogP contribution in [0.1, 0.15) is 79.8 Å². The molecule has 34 heavy (non-hydrogen) atoms. The molecule has 2 N–H and O–H groups in total. The van der Waals surface area contributed by atoms with Crippen molar-refractivity contribution in [2.24, 2.45) is 11.7 Å². The molecule has 2 aromatic heterocycles. The van der Waals surface area contributed by atoms with Crippen LogP contribution in [0.15, 0.2) is 48.9 Å². The first-order valence-electron chi connectivity index (χ1n) is 12.9. The lowest BCUT2D eigenvalue weighted by Gasteiger charge is -2.35.